The van der Waals surface area contributed by atoms with Crippen LogP contribution in [0.5, 0.6) is 0 Å². The van der Waals surface area contributed by atoms with Gasteiger partial charge in [-0.25, -0.2) is 9.59 Å². The van der Waals surface area contributed by atoms with Gasteiger partial charge >= 0.3 is 12.1 Å². The van der Waals surface area contributed by atoms with Gasteiger partial charge in [0.1, 0.15) is 0 Å². The minimum Gasteiger partial charge on any atom is -0.338 e. The molecule has 3 aliphatic rings. The summed E-state index contributed by atoms with van der Waals surface area (Å²) >= 11 is 0. The molecule has 0 aliphatic carbocycles. The fourth-order valence-electron chi connectivity index (χ4n) is 3.79. The highest BCUT2D eigenvalue weighted by Gasteiger charge is 2.29. The molecule has 1 fully saturated rings. The number of hydrogen-bond donors (Lipinski definition) is 3. The Balaban J connectivity index is 1.42. The molecule has 4 amide bonds. The predicted octanol–water partition coefficient (Wildman–Crippen LogP) is 2.50. The molecule has 8 heteroatoms. The zero-order valence-corrected chi connectivity index (χ0v) is 17.4. The summed E-state index contributed by atoms with van der Waals surface area (Å²) in [7, 11) is 0. The standard InChI is InChI=1S/C22H32N6O2/c29-21(24-14-8-19-7-6-13-25-26-15-9-19)27-17-10-20(11-18-27)28-16-5-3-1-2-4-12-23-22(28)30/h1-4,7,9,13,15,20,26H,5-6,8,10-12,14,16-18H2,(H,23,30)(H,24,29)/b3-1-,4-2-,15-9?,19-7?,25-13-. The maximum atomic E-state index is 12.5. The molecule has 0 spiro atoms. The predicted molar refractivity (Wildman–Crippen MR) is 119 cm³/mol. The van der Waals surface area contributed by atoms with Gasteiger partial charge < -0.3 is 20.4 Å². The topological polar surface area (TPSA) is 89.1 Å². The fraction of sp³-hybridized carbons (Fsp3) is 0.500. The van der Waals surface area contributed by atoms with Gasteiger partial charge in [0.25, 0.3) is 0 Å². The Morgan fingerprint density at radius 1 is 1.20 bits per heavy atom. The van der Waals surface area contributed by atoms with Crippen LogP contribution in [0.1, 0.15) is 32.1 Å². The summed E-state index contributed by atoms with van der Waals surface area (Å²) < 4.78 is 0. The van der Waals surface area contributed by atoms with E-state index in [-0.39, 0.29) is 18.1 Å². The second-order valence-electron chi connectivity index (χ2n) is 7.51. The molecule has 30 heavy (non-hydrogen) atoms. The summed E-state index contributed by atoms with van der Waals surface area (Å²) in [5.41, 5.74) is 4.00. The molecule has 3 aliphatic heterocycles. The first-order valence-electron chi connectivity index (χ1n) is 10.8. The van der Waals surface area contributed by atoms with Crippen LogP contribution < -0.4 is 16.1 Å². The number of carbonyl (C=O) groups is 2. The lowest BCUT2D eigenvalue weighted by Crippen LogP contribution is -2.53. The number of allylic oxidation sites excluding steroid dienone is 4. The molecule has 8 nitrogen and oxygen atoms in total. The first kappa shape index (κ1) is 21.7. The minimum atomic E-state index is -0.0259. The van der Waals surface area contributed by atoms with Crippen LogP contribution in [0, 0.1) is 0 Å². The molecule has 0 bridgehead atoms. The van der Waals surface area contributed by atoms with Crippen LogP contribution in [0.2, 0.25) is 0 Å². The number of nitrogens with zero attached hydrogens (tertiary/aromatic N) is 3. The second-order valence-corrected chi connectivity index (χ2v) is 7.51. The Hall–Kier alpha value is -3.03. The number of rotatable bonds is 4. The van der Waals surface area contributed by atoms with Crippen molar-refractivity contribution < 1.29 is 9.59 Å². The first-order valence-corrected chi connectivity index (χ1v) is 10.8. The van der Waals surface area contributed by atoms with Crippen molar-refractivity contribution in [3.63, 3.8) is 0 Å². The first-order chi connectivity index (χ1) is 14.7. The van der Waals surface area contributed by atoms with E-state index in [2.05, 4.69) is 33.3 Å². The largest absolute Gasteiger partial charge is 0.338 e. The van der Waals surface area contributed by atoms with Crippen molar-refractivity contribution in [3.05, 3.63) is 48.2 Å². The molecule has 0 aromatic carbocycles. The van der Waals surface area contributed by atoms with Gasteiger partial charge in [-0.05, 0) is 37.3 Å². The van der Waals surface area contributed by atoms with Crippen molar-refractivity contribution in [1.29, 1.82) is 0 Å². The molecular formula is C22H32N6O2. The van der Waals surface area contributed by atoms with Crippen molar-refractivity contribution in [2.24, 2.45) is 5.10 Å². The van der Waals surface area contributed by atoms with Gasteiger partial charge in [0.05, 0.1) is 0 Å². The van der Waals surface area contributed by atoms with Crippen molar-refractivity contribution in [3.8, 4) is 0 Å². The second kappa shape index (κ2) is 11.8. The van der Waals surface area contributed by atoms with Crippen molar-refractivity contribution >= 4 is 18.3 Å². The van der Waals surface area contributed by atoms with E-state index in [9.17, 15) is 9.59 Å². The van der Waals surface area contributed by atoms with Crippen molar-refractivity contribution in [2.45, 2.75) is 38.1 Å². The Morgan fingerprint density at radius 3 is 2.90 bits per heavy atom. The zero-order chi connectivity index (χ0) is 21.0. The molecular weight excluding hydrogens is 380 g/mol. The SMILES string of the molecule is O=C(NCCC1=CC/C=N\NC=C1)N1CCC(N2CC/C=C\C=C/CNC2=O)CC1. The maximum Gasteiger partial charge on any atom is 0.317 e. The van der Waals surface area contributed by atoms with Crippen LogP contribution in [0.25, 0.3) is 0 Å². The average molecular weight is 413 g/mol. The summed E-state index contributed by atoms with van der Waals surface area (Å²) in [5, 5.41) is 9.95. The fourth-order valence-corrected chi connectivity index (χ4v) is 3.79. The number of hydrazone groups is 1. The minimum absolute atomic E-state index is 0.0158. The van der Waals surface area contributed by atoms with Gasteiger partial charge in [-0.3, -0.25) is 5.43 Å². The number of nitrogens with one attached hydrogen (secondary N) is 3. The number of hydrogen-bond acceptors (Lipinski definition) is 4. The van der Waals surface area contributed by atoms with Crippen LogP contribution >= 0.6 is 0 Å². The molecule has 3 rings (SSSR count). The summed E-state index contributed by atoms with van der Waals surface area (Å²) in [5.74, 6) is 0. The normalized spacial score (nSPS) is 23.9. The zero-order valence-electron chi connectivity index (χ0n) is 17.4. The van der Waals surface area contributed by atoms with E-state index >= 15 is 0 Å². The molecule has 0 saturated carbocycles. The highest BCUT2D eigenvalue weighted by molar-refractivity contribution is 5.75. The smallest absolute Gasteiger partial charge is 0.317 e. The summed E-state index contributed by atoms with van der Waals surface area (Å²) in [6, 6.07) is 0.130. The van der Waals surface area contributed by atoms with E-state index in [1.165, 1.54) is 5.57 Å². The van der Waals surface area contributed by atoms with Crippen molar-refractivity contribution in [2.75, 3.05) is 32.7 Å². The molecule has 0 atom stereocenters. The van der Waals surface area contributed by atoms with E-state index < -0.39 is 0 Å². The molecule has 0 radical (unpaired) electrons. The lowest BCUT2D eigenvalue weighted by Gasteiger charge is -2.38. The summed E-state index contributed by atoms with van der Waals surface area (Å²) in [4.78, 5) is 28.8. The Bertz CT molecular complexity index is 732. The maximum absolute atomic E-state index is 12.5. The number of amides is 4. The van der Waals surface area contributed by atoms with Gasteiger partial charge in [0, 0.05) is 57.6 Å². The van der Waals surface area contributed by atoms with Crippen LogP contribution in [-0.2, 0) is 0 Å². The van der Waals surface area contributed by atoms with E-state index in [0.717, 1.165) is 32.1 Å². The number of likely N-dealkylation sites (tertiary alicyclic amines) is 1. The highest BCUT2D eigenvalue weighted by Crippen LogP contribution is 2.18. The Labute approximate surface area is 178 Å². The summed E-state index contributed by atoms with van der Waals surface area (Å²) in [6.45, 7) is 3.17. The molecule has 0 unspecified atom stereocenters. The highest BCUT2D eigenvalue weighted by atomic mass is 16.2. The Kier molecular flexibility index (Phi) is 8.56. The number of piperidine rings is 1. The van der Waals surface area contributed by atoms with Crippen LogP contribution in [0.3, 0.4) is 0 Å². The van der Waals surface area contributed by atoms with Gasteiger partial charge in [0.2, 0.25) is 0 Å². The van der Waals surface area contributed by atoms with Crippen LogP contribution in [0.4, 0.5) is 9.59 Å². The lowest BCUT2D eigenvalue weighted by molar-refractivity contribution is 0.128. The molecule has 3 heterocycles. The third-order valence-electron chi connectivity index (χ3n) is 5.46. The average Bonchev–Trinajstić information content (AvgIpc) is 2.74. The molecule has 3 N–H and O–H groups in total. The third-order valence-corrected chi connectivity index (χ3v) is 5.46. The van der Waals surface area contributed by atoms with Crippen LogP contribution in [0.15, 0.2) is 53.3 Å². The molecule has 0 aromatic heterocycles. The Morgan fingerprint density at radius 2 is 2.03 bits per heavy atom. The number of urea groups is 2. The third kappa shape index (κ3) is 6.79. The van der Waals surface area contributed by atoms with E-state index in [4.69, 9.17) is 0 Å². The van der Waals surface area contributed by atoms with Crippen molar-refractivity contribution in [1.82, 2.24) is 25.9 Å². The van der Waals surface area contributed by atoms with E-state index in [1.54, 1.807) is 6.20 Å². The van der Waals surface area contributed by atoms with Gasteiger partial charge in [-0.1, -0.05) is 30.4 Å². The molecule has 162 valence electrons. The number of carbonyl (C=O) groups excluding carboxylic acids is 2. The van der Waals surface area contributed by atoms with Crippen LogP contribution in [-0.4, -0.2) is 66.8 Å². The lowest BCUT2D eigenvalue weighted by atomic mass is 10.0. The van der Waals surface area contributed by atoms with E-state index in [0.29, 0.717) is 32.7 Å². The van der Waals surface area contributed by atoms with Gasteiger partial charge in [-0.15, -0.1) is 0 Å². The summed E-state index contributed by atoms with van der Waals surface area (Å²) in [6.07, 6.45) is 19.7. The van der Waals surface area contributed by atoms with E-state index in [1.807, 2.05) is 40.3 Å². The molecule has 0 aromatic rings. The monoisotopic (exact) mass is 412 g/mol. The molecule has 1 saturated heterocycles. The van der Waals surface area contributed by atoms with Gasteiger partial charge in [-0.2, -0.15) is 5.10 Å². The van der Waals surface area contributed by atoms with Gasteiger partial charge in [0.15, 0.2) is 0 Å². The quantitative estimate of drug-likeness (QED) is 0.663.